The van der Waals surface area contributed by atoms with E-state index in [1.165, 1.54) is 77.0 Å². The van der Waals surface area contributed by atoms with E-state index in [2.05, 4.69) is 27.7 Å². The summed E-state index contributed by atoms with van der Waals surface area (Å²) in [7, 11) is 0. The van der Waals surface area contributed by atoms with E-state index in [4.69, 9.17) is 20.4 Å². The SMILES string of the molecule is CCCCCCO.CCCCCCO.CCCCCCO.CCCCCCO.[Ti]. The van der Waals surface area contributed by atoms with Crippen molar-refractivity contribution in [1.82, 2.24) is 0 Å². The Balaban J connectivity index is -0.0000000873. The molecule has 0 amide bonds. The van der Waals surface area contributed by atoms with Gasteiger partial charge in [-0.2, -0.15) is 0 Å². The Hall–Kier alpha value is 0.554. The molecule has 0 saturated carbocycles. The fourth-order valence-corrected chi connectivity index (χ4v) is 2.15. The molecule has 29 heavy (non-hydrogen) atoms. The van der Waals surface area contributed by atoms with Crippen LogP contribution in [0.1, 0.15) is 130 Å². The van der Waals surface area contributed by atoms with E-state index >= 15 is 0 Å². The number of hydrogen-bond donors (Lipinski definition) is 4. The molecular weight excluding hydrogens is 400 g/mol. The molecule has 0 aliphatic carbocycles. The van der Waals surface area contributed by atoms with Crippen LogP contribution >= 0.6 is 0 Å². The maximum Gasteiger partial charge on any atom is 0.0431 e. The van der Waals surface area contributed by atoms with Crippen molar-refractivity contribution in [3.8, 4) is 0 Å². The summed E-state index contributed by atoms with van der Waals surface area (Å²) in [5.74, 6) is 0. The zero-order chi connectivity index (χ0) is 22.1. The molecule has 0 aromatic rings. The molecule has 180 valence electrons. The van der Waals surface area contributed by atoms with Crippen molar-refractivity contribution in [2.45, 2.75) is 130 Å². The summed E-state index contributed by atoms with van der Waals surface area (Å²) in [5.41, 5.74) is 0. The van der Waals surface area contributed by atoms with Crippen molar-refractivity contribution in [2.75, 3.05) is 26.4 Å². The molecule has 4 N–H and O–H groups in total. The van der Waals surface area contributed by atoms with Crippen molar-refractivity contribution in [3.05, 3.63) is 0 Å². The molecule has 0 heterocycles. The van der Waals surface area contributed by atoms with E-state index in [1.807, 2.05) is 0 Å². The van der Waals surface area contributed by atoms with Crippen molar-refractivity contribution in [1.29, 1.82) is 0 Å². The molecular formula is C24H56O4Ti. The number of rotatable bonds is 16. The summed E-state index contributed by atoms with van der Waals surface area (Å²) < 4.78 is 0. The van der Waals surface area contributed by atoms with Crippen LogP contribution in [0.5, 0.6) is 0 Å². The van der Waals surface area contributed by atoms with Gasteiger partial charge in [-0.15, -0.1) is 0 Å². The van der Waals surface area contributed by atoms with Gasteiger partial charge < -0.3 is 20.4 Å². The van der Waals surface area contributed by atoms with Gasteiger partial charge in [0.1, 0.15) is 0 Å². The first-order chi connectivity index (χ1) is 13.7. The quantitative estimate of drug-likeness (QED) is 0.164. The Bertz CT molecular complexity index is 140. The predicted octanol–water partition coefficient (Wildman–Crippen LogP) is 6.23. The third kappa shape index (κ3) is 73.5. The normalized spacial score (nSPS) is 9.10. The fraction of sp³-hybridized carbons (Fsp3) is 1.00. The van der Waals surface area contributed by atoms with Gasteiger partial charge in [0.15, 0.2) is 0 Å². The Morgan fingerprint density at radius 2 is 0.483 bits per heavy atom. The minimum absolute atomic E-state index is 0. The molecule has 0 spiro atoms. The van der Waals surface area contributed by atoms with Crippen LogP contribution in [0, 0.1) is 0 Å². The molecule has 0 aromatic heterocycles. The number of hydrogen-bond acceptors (Lipinski definition) is 4. The molecule has 0 bridgehead atoms. The zero-order valence-corrected chi connectivity index (χ0v) is 22.0. The monoisotopic (exact) mass is 456 g/mol. The van der Waals surface area contributed by atoms with Crippen LogP contribution in [0.15, 0.2) is 0 Å². The van der Waals surface area contributed by atoms with Gasteiger partial charge in [-0.25, -0.2) is 0 Å². The third-order valence-electron chi connectivity index (χ3n) is 4.05. The van der Waals surface area contributed by atoms with Crippen molar-refractivity contribution < 1.29 is 42.1 Å². The Labute approximate surface area is 198 Å². The largest absolute Gasteiger partial charge is 0.396 e. The van der Waals surface area contributed by atoms with Crippen molar-refractivity contribution >= 4 is 0 Å². The summed E-state index contributed by atoms with van der Waals surface area (Å²) in [6.07, 6.45) is 18.7. The second kappa shape index (κ2) is 51.3. The first-order valence-corrected chi connectivity index (χ1v) is 12.1. The van der Waals surface area contributed by atoms with Crippen LogP contribution in [-0.4, -0.2) is 46.9 Å². The van der Waals surface area contributed by atoms with Crippen molar-refractivity contribution in [2.24, 2.45) is 0 Å². The maximum absolute atomic E-state index is 8.29. The summed E-state index contributed by atoms with van der Waals surface area (Å²) in [5, 5.41) is 33.2. The van der Waals surface area contributed by atoms with Gasteiger partial charge in [0, 0.05) is 48.1 Å². The van der Waals surface area contributed by atoms with Gasteiger partial charge in [-0.3, -0.25) is 0 Å². The molecule has 0 aliphatic heterocycles. The number of aliphatic hydroxyl groups excluding tert-OH is 4. The third-order valence-corrected chi connectivity index (χ3v) is 4.05. The predicted molar refractivity (Wildman–Crippen MR) is 125 cm³/mol. The molecule has 5 heteroatoms. The molecule has 0 rings (SSSR count). The van der Waals surface area contributed by atoms with E-state index in [0.717, 1.165) is 25.7 Å². The summed E-state index contributed by atoms with van der Waals surface area (Å²) in [6, 6.07) is 0. The molecule has 0 unspecified atom stereocenters. The van der Waals surface area contributed by atoms with Crippen LogP contribution in [0.3, 0.4) is 0 Å². The van der Waals surface area contributed by atoms with Gasteiger partial charge in [0.2, 0.25) is 0 Å². The van der Waals surface area contributed by atoms with E-state index in [0.29, 0.717) is 26.4 Å². The van der Waals surface area contributed by atoms with Gasteiger partial charge in [-0.1, -0.05) is 105 Å². The Kier molecular flexibility index (Phi) is 70.7. The molecule has 0 fully saturated rings. The molecule has 0 radical (unpaired) electrons. The molecule has 0 atom stereocenters. The second-order valence-corrected chi connectivity index (χ2v) is 7.14. The molecule has 0 aliphatic rings. The standard InChI is InChI=1S/4C6H14O.Ti/c4*1-2-3-4-5-6-7;/h4*7H,2-6H2,1H3;. The van der Waals surface area contributed by atoms with Crippen LogP contribution in [0.2, 0.25) is 0 Å². The smallest absolute Gasteiger partial charge is 0.0431 e. The van der Waals surface area contributed by atoms with Gasteiger partial charge in [0.25, 0.3) is 0 Å². The van der Waals surface area contributed by atoms with E-state index in [1.54, 1.807) is 0 Å². The fourth-order valence-electron chi connectivity index (χ4n) is 2.15. The summed E-state index contributed by atoms with van der Waals surface area (Å²) in [6.45, 7) is 10.1. The zero-order valence-electron chi connectivity index (χ0n) is 20.4. The Morgan fingerprint density at radius 1 is 0.310 bits per heavy atom. The first kappa shape index (κ1) is 40.0. The van der Waals surface area contributed by atoms with Crippen LogP contribution in [0.25, 0.3) is 0 Å². The Morgan fingerprint density at radius 3 is 0.586 bits per heavy atom. The minimum atomic E-state index is 0. The van der Waals surface area contributed by atoms with Gasteiger partial charge in [-0.05, 0) is 25.7 Å². The molecule has 4 nitrogen and oxygen atoms in total. The van der Waals surface area contributed by atoms with E-state index in [9.17, 15) is 0 Å². The minimum Gasteiger partial charge on any atom is -0.396 e. The summed E-state index contributed by atoms with van der Waals surface area (Å²) in [4.78, 5) is 0. The summed E-state index contributed by atoms with van der Waals surface area (Å²) >= 11 is 0. The van der Waals surface area contributed by atoms with Crippen LogP contribution in [-0.2, 0) is 21.7 Å². The molecule has 0 aromatic carbocycles. The van der Waals surface area contributed by atoms with Gasteiger partial charge >= 0.3 is 0 Å². The van der Waals surface area contributed by atoms with Crippen LogP contribution < -0.4 is 0 Å². The topological polar surface area (TPSA) is 80.9 Å². The average Bonchev–Trinajstić information content (AvgIpc) is 2.71. The number of unbranched alkanes of at least 4 members (excludes halogenated alkanes) is 12. The second-order valence-electron chi connectivity index (χ2n) is 7.14. The van der Waals surface area contributed by atoms with Crippen molar-refractivity contribution in [3.63, 3.8) is 0 Å². The molecule has 0 saturated heterocycles. The first-order valence-electron chi connectivity index (χ1n) is 12.1. The average molecular weight is 457 g/mol. The van der Waals surface area contributed by atoms with Crippen LogP contribution in [0.4, 0.5) is 0 Å². The maximum atomic E-state index is 8.29. The van der Waals surface area contributed by atoms with E-state index < -0.39 is 0 Å². The van der Waals surface area contributed by atoms with E-state index in [-0.39, 0.29) is 21.7 Å². The number of aliphatic hydroxyl groups is 4. The van der Waals surface area contributed by atoms with Gasteiger partial charge in [0.05, 0.1) is 0 Å².